The minimum absolute atomic E-state index is 0.0280. The lowest BCUT2D eigenvalue weighted by molar-refractivity contribution is -0.141. The van der Waals surface area contributed by atoms with Gasteiger partial charge in [0.2, 0.25) is 6.41 Å². The summed E-state index contributed by atoms with van der Waals surface area (Å²) in [6.45, 7) is 8.09. The molecule has 5 nitrogen and oxygen atoms in total. The summed E-state index contributed by atoms with van der Waals surface area (Å²) < 4.78 is 5.77. The van der Waals surface area contributed by atoms with Gasteiger partial charge in [0.25, 0.3) is 5.91 Å². The summed E-state index contributed by atoms with van der Waals surface area (Å²) in [5.41, 5.74) is 2.23. The molecule has 0 radical (unpaired) electrons. The van der Waals surface area contributed by atoms with Crippen molar-refractivity contribution < 1.29 is 14.3 Å². The van der Waals surface area contributed by atoms with Crippen LogP contribution in [0, 0.1) is 13.8 Å². The maximum atomic E-state index is 12.4. The first kappa shape index (κ1) is 15.4. The van der Waals surface area contributed by atoms with Crippen LogP contribution in [0.3, 0.4) is 0 Å². The number of nitrogens with zero attached hydrogens (tertiary/aromatic N) is 2. The van der Waals surface area contributed by atoms with Gasteiger partial charge < -0.3 is 14.5 Å². The highest BCUT2D eigenvalue weighted by Crippen LogP contribution is 2.18. The fourth-order valence-corrected chi connectivity index (χ4v) is 2.56. The zero-order valence-corrected chi connectivity index (χ0v) is 12.8. The molecule has 1 aliphatic heterocycles. The van der Waals surface area contributed by atoms with Crippen molar-refractivity contribution in [3.05, 3.63) is 29.3 Å². The van der Waals surface area contributed by atoms with Crippen molar-refractivity contribution >= 4 is 12.3 Å². The highest BCUT2D eigenvalue weighted by Gasteiger charge is 2.25. The van der Waals surface area contributed by atoms with Gasteiger partial charge in [0.1, 0.15) is 5.75 Å². The van der Waals surface area contributed by atoms with E-state index in [1.807, 2.05) is 26.0 Å². The van der Waals surface area contributed by atoms with Crippen molar-refractivity contribution in [2.45, 2.75) is 26.9 Å². The Hall–Kier alpha value is -2.04. The molecular formula is C16H22N2O3. The van der Waals surface area contributed by atoms with Crippen molar-refractivity contribution in [1.82, 2.24) is 9.80 Å². The molecule has 0 aromatic heterocycles. The van der Waals surface area contributed by atoms with Crippen molar-refractivity contribution in [2.24, 2.45) is 0 Å². The van der Waals surface area contributed by atoms with E-state index >= 15 is 0 Å². The predicted molar refractivity (Wildman–Crippen MR) is 80.2 cm³/mol. The van der Waals surface area contributed by atoms with Crippen LogP contribution in [0.1, 0.15) is 18.1 Å². The lowest BCUT2D eigenvalue weighted by Gasteiger charge is -2.34. The Kier molecular flexibility index (Phi) is 4.83. The van der Waals surface area contributed by atoms with Crippen molar-refractivity contribution in [1.29, 1.82) is 0 Å². The molecule has 1 atom stereocenters. The number of aryl methyl sites for hydroxylation is 2. The number of amides is 2. The van der Waals surface area contributed by atoms with Crippen LogP contribution >= 0.6 is 0 Å². The fraction of sp³-hybridized carbons (Fsp3) is 0.500. The number of piperazine rings is 1. The Labute approximate surface area is 125 Å². The molecular weight excluding hydrogens is 268 g/mol. The van der Waals surface area contributed by atoms with Gasteiger partial charge in [0.05, 0.1) is 0 Å². The number of carbonyl (C=O) groups excluding carboxylic acids is 2. The Morgan fingerprint density at radius 1 is 1.14 bits per heavy atom. The summed E-state index contributed by atoms with van der Waals surface area (Å²) >= 11 is 0. The lowest BCUT2D eigenvalue weighted by Crippen LogP contribution is -2.51. The molecule has 0 bridgehead atoms. The quantitative estimate of drug-likeness (QED) is 0.787. The molecule has 2 rings (SSSR count). The Morgan fingerprint density at radius 3 is 2.24 bits per heavy atom. The first-order valence-corrected chi connectivity index (χ1v) is 7.22. The maximum Gasteiger partial charge on any atom is 0.263 e. The Bertz CT molecular complexity index is 502. The van der Waals surface area contributed by atoms with E-state index in [0.29, 0.717) is 26.2 Å². The van der Waals surface area contributed by atoms with Crippen molar-refractivity contribution in [2.75, 3.05) is 26.2 Å². The third kappa shape index (κ3) is 3.97. The average Bonchev–Trinajstić information content (AvgIpc) is 2.45. The van der Waals surface area contributed by atoms with Crippen LogP contribution in [0.2, 0.25) is 0 Å². The van der Waals surface area contributed by atoms with Gasteiger partial charge in [-0.2, -0.15) is 0 Å². The van der Waals surface area contributed by atoms with E-state index in [9.17, 15) is 9.59 Å². The number of benzene rings is 1. The van der Waals surface area contributed by atoms with Gasteiger partial charge >= 0.3 is 0 Å². The second kappa shape index (κ2) is 6.61. The molecule has 0 unspecified atom stereocenters. The molecule has 0 N–H and O–H groups in total. The van der Waals surface area contributed by atoms with Gasteiger partial charge in [0, 0.05) is 26.2 Å². The molecule has 0 aliphatic carbocycles. The highest BCUT2D eigenvalue weighted by atomic mass is 16.5. The summed E-state index contributed by atoms with van der Waals surface area (Å²) in [6.07, 6.45) is 0.311. The van der Waals surface area contributed by atoms with E-state index in [2.05, 4.69) is 6.07 Å². The van der Waals surface area contributed by atoms with Crippen LogP contribution in [-0.4, -0.2) is 54.4 Å². The molecule has 0 spiro atoms. The van der Waals surface area contributed by atoms with Crippen molar-refractivity contribution in [3.8, 4) is 5.75 Å². The molecule has 5 heteroatoms. The number of rotatable bonds is 4. The van der Waals surface area contributed by atoms with E-state index in [1.54, 1.807) is 16.7 Å². The molecule has 1 heterocycles. The van der Waals surface area contributed by atoms with Gasteiger partial charge in [-0.25, -0.2) is 0 Å². The minimum atomic E-state index is -0.519. The smallest absolute Gasteiger partial charge is 0.263 e. The fourth-order valence-electron chi connectivity index (χ4n) is 2.56. The van der Waals surface area contributed by atoms with E-state index in [0.717, 1.165) is 23.3 Å². The van der Waals surface area contributed by atoms with Crippen LogP contribution in [0.4, 0.5) is 0 Å². The van der Waals surface area contributed by atoms with Gasteiger partial charge in [-0.3, -0.25) is 9.59 Å². The summed E-state index contributed by atoms with van der Waals surface area (Å²) in [5.74, 6) is 0.694. The third-order valence-corrected chi connectivity index (χ3v) is 3.63. The first-order chi connectivity index (χ1) is 9.99. The highest BCUT2D eigenvalue weighted by molar-refractivity contribution is 5.81. The molecule has 0 saturated carbocycles. The molecule has 1 aromatic rings. The number of hydrogen-bond acceptors (Lipinski definition) is 3. The predicted octanol–water partition coefficient (Wildman–Crippen LogP) is 1.37. The van der Waals surface area contributed by atoms with Gasteiger partial charge in [-0.05, 0) is 44.0 Å². The van der Waals surface area contributed by atoms with Crippen LogP contribution < -0.4 is 4.74 Å². The van der Waals surface area contributed by atoms with Crippen LogP contribution in [0.25, 0.3) is 0 Å². The number of ether oxygens (including phenoxy) is 1. The number of hydrogen-bond donors (Lipinski definition) is 0. The Morgan fingerprint density at radius 2 is 1.71 bits per heavy atom. The van der Waals surface area contributed by atoms with E-state index in [1.165, 1.54) is 0 Å². The van der Waals surface area contributed by atoms with Crippen LogP contribution in [0.5, 0.6) is 5.75 Å². The SMILES string of the molecule is Cc1cc(C)cc(O[C@@H](C)C(=O)N2CCN(C=O)CC2)c1. The first-order valence-electron chi connectivity index (χ1n) is 7.22. The second-order valence-electron chi connectivity index (χ2n) is 5.55. The van der Waals surface area contributed by atoms with Gasteiger partial charge in [0.15, 0.2) is 6.10 Å². The Balaban J connectivity index is 1.95. The standard InChI is InChI=1S/C16H22N2O3/c1-12-8-13(2)10-15(9-12)21-14(3)16(20)18-6-4-17(11-19)5-7-18/h8-11,14H,4-7H2,1-3H3/t14-/m0/s1. The monoisotopic (exact) mass is 290 g/mol. The molecule has 1 fully saturated rings. The maximum absolute atomic E-state index is 12.4. The summed E-state index contributed by atoms with van der Waals surface area (Å²) in [5, 5.41) is 0. The normalized spacial score (nSPS) is 16.5. The van der Waals surface area contributed by atoms with Gasteiger partial charge in [-0.15, -0.1) is 0 Å². The molecule has 21 heavy (non-hydrogen) atoms. The topological polar surface area (TPSA) is 49.9 Å². The number of carbonyl (C=O) groups is 2. The zero-order chi connectivity index (χ0) is 15.4. The molecule has 1 saturated heterocycles. The molecule has 2 amide bonds. The molecule has 1 aromatic carbocycles. The molecule has 1 aliphatic rings. The lowest BCUT2D eigenvalue weighted by atomic mass is 10.1. The zero-order valence-electron chi connectivity index (χ0n) is 12.8. The van der Waals surface area contributed by atoms with E-state index in [4.69, 9.17) is 4.74 Å². The van der Waals surface area contributed by atoms with Crippen molar-refractivity contribution in [3.63, 3.8) is 0 Å². The third-order valence-electron chi connectivity index (χ3n) is 3.63. The van der Waals surface area contributed by atoms with Gasteiger partial charge in [-0.1, -0.05) is 6.07 Å². The summed E-state index contributed by atoms with van der Waals surface area (Å²) in [6, 6.07) is 5.93. The largest absolute Gasteiger partial charge is 0.481 e. The molecule has 114 valence electrons. The van der Waals surface area contributed by atoms with Crippen LogP contribution in [0.15, 0.2) is 18.2 Å². The summed E-state index contributed by atoms with van der Waals surface area (Å²) in [7, 11) is 0. The minimum Gasteiger partial charge on any atom is -0.481 e. The van der Waals surface area contributed by atoms with Crippen LogP contribution in [-0.2, 0) is 9.59 Å². The van der Waals surface area contributed by atoms with E-state index in [-0.39, 0.29) is 5.91 Å². The van der Waals surface area contributed by atoms with E-state index < -0.39 is 6.10 Å². The second-order valence-corrected chi connectivity index (χ2v) is 5.55. The summed E-state index contributed by atoms with van der Waals surface area (Å²) in [4.78, 5) is 26.5. The average molecular weight is 290 g/mol.